The first-order valence-electron chi connectivity index (χ1n) is 20.1. The molecule has 0 saturated heterocycles. The second-order valence-corrected chi connectivity index (χ2v) is 12.9. The summed E-state index contributed by atoms with van der Waals surface area (Å²) in [4.78, 5) is 36.5. The number of amides is 1. The Balaban J connectivity index is 4.62. The molecule has 0 aromatic rings. The van der Waals surface area contributed by atoms with Gasteiger partial charge in [-0.05, 0) is 115 Å². The third-order valence-corrected chi connectivity index (χ3v) is 8.13. The van der Waals surface area contributed by atoms with Crippen LogP contribution >= 0.6 is 0 Å². The Kier molecular flexibility index (Phi) is 35.8. The Morgan fingerprint density at radius 2 is 1.06 bits per heavy atom. The molecule has 0 spiro atoms. The van der Waals surface area contributed by atoms with E-state index in [0.717, 1.165) is 83.5 Å². The highest BCUT2D eigenvalue weighted by Crippen LogP contribution is 2.14. The number of carboxylic acids is 1. The van der Waals surface area contributed by atoms with Crippen LogP contribution in [0.5, 0.6) is 0 Å². The van der Waals surface area contributed by atoms with Crippen molar-refractivity contribution in [3.8, 4) is 0 Å². The van der Waals surface area contributed by atoms with E-state index in [4.69, 9.17) is 10.5 Å². The SMILES string of the molecule is CC/C=C\C/C=C\C/C=C\C/C=C\C/C=C\C(CCCCC(=O)NC(CCCN)C(=O)O)OC(=O)CCCCCCC/C=C\C/C=C\C/C=C\CC. The summed E-state index contributed by atoms with van der Waals surface area (Å²) < 4.78 is 5.85. The van der Waals surface area contributed by atoms with Gasteiger partial charge < -0.3 is 20.9 Å². The highest BCUT2D eigenvalue weighted by atomic mass is 16.5. The predicted molar refractivity (Wildman–Crippen MR) is 220 cm³/mol. The number of rotatable bonds is 34. The van der Waals surface area contributed by atoms with Crippen molar-refractivity contribution < 1.29 is 24.2 Å². The third-order valence-electron chi connectivity index (χ3n) is 8.13. The smallest absolute Gasteiger partial charge is 0.326 e. The maximum Gasteiger partial charge on any atom is 0.326 e. The molecule has 0 radical (unpaired) electrons. The average Bonchev–Trinajstić information content (AvgIpc) is 3.13. The first-order valence-corrected chi connectivity index (χ1v) is 20.1. The molecule has 7 heteroatoms. The first-order chi connectivity index (χ1) is 25.4. The zero-order valence-electron chi connectivity index (χ0n) is 32.6. The highest BCUT2D eigenvalue weighted by Gasteiger charge is 2.19. The quantitative estimate of drug-likeness (QED) is 0.0346. The normalized spacial score (nSPS) is 13.8. The molecular formula is C45H72N2O5. The largest absolute Gasteiger partial charge is 0.480 e. The van der Waals surface area contributed by atoms with Crippen LogP contribution < -0.4 is 11.1 Å². The van der Waals surface area contributed by atoms with Crippen LogP contribution in [0.25, 0.3) is 0 Å². The van der Waals surface area contributed by atoms with Crippen molar-refractivity contribution in [2.24, 2.45) is 5.73 Å². The third kappa shape index (κ3) is 34.7. The van der Waals surface area contributed by atoms with Gasteiger partial charge in [-0.3, -0.25) is 9.59 Å². The molecule has 4 N–H and O–H groups in total. The van der Waals surface area contributed by atoms with Gasteiger partial charge in [-0.25, -0.2) is 4.79 Å². The van der Waals surface area contributed by atoms with E-state index in [0.29, 0.717) is 45.1 Å². The summed E-state index contributed by atoms with van der Waals surface area (Å²) in [6.07, 6.45) is 51.7. The van der Waals surface area contributed by atoms with Crippen LogP contribution in [0.15, 0.2) is 97.2 Å². The Hall–Kier alpha value is -3.71. The molecule has 0 aliphatic carbocycles. The topological polar surface area (TPSA) is 119 Å². The monoisotopic (exact) mass is 721 g/mol. The van der Waals surface area contributed by atoms with Gasteiger partial charge in [-0.15, -0.1) is 0 Å². The van der Waals surface area contributed by atoms with Crippen LogP contribution in [0.3, 0.4) is 0 Å². The van der Waals surface area contributed by atoms with Gasteiger partial charge in [0.15, 0.2) is 0 Å². The maximum absolute atomic E-state index is 12.7. The molecule has 0 aliphatic heterocycles. The fraction of sp³-hybridized carbons (Fsp3) is 0.578. The molecule has 0 aromatic carbocycles. The van der Waals surface area contributed by atoms with Crippen molar-refractivity contribution in [3.05, 3.63) is 97.2 Å². The molecule has 1 amide bonds. The molecule has 0 bridgehead atoms. The van der Waals surface area contributed by atoms with Crippen LogP contribution in [-0.2, 0) is 19.1 Å². The van der Waals surface area contributed by atoms with Gasteiger partial charge in [-0.2, -0.15) is 0 Å². The Morgan fingerprint density at radius 1 is 0.577 bits per heavy atom. The molecule has 52 heavy (non-hydrogen) atoms. The van der Waals surface area contributed by atoms with E-state index in [-0.39, 0.29) is 24.4 Å². The lowest BCUT2D eigenvalue weighted by Gasteiger charge is -2.16. The minimum atomic E-state index is -1.05. The number of unbranched alkanes of at least 4 members (excludes halogenated alkanes) is 6. The fourth-order valence-electron chi connectivity index (χ4n) is 5.17. The summed E-state index contributed by atoms with van der Waals surface area (Å²) in [6.45, 7) is 4.66. The summed E-state index contributed by atoms with van der Waals surface area (Å²) in [5.74, 6) is -1.52. The van der Waals surface area contributed by atoms with E-state index in [1.54, 1.807) is 0 Å². The second kappa shape index (κ2) is 38.5. The maximum atomic E-state index is 12.7. The number of allylic oxidation sites excluding steroid dienone is 15. The Bertz CT molecular complexity index is 1130. The highest BCUT2D eigenvalue weighted by molar-refractivity contribution is 5.83. The molecule has 0 aliphatic rings. The van der Waals surface area contributed by atoms with Crippen molar-refractivity contribution in [1.82, 2.24) is 5.32 Å². The van der Waals surface area contributed by atoms with Gasteiger partial charge in [0.2, 0.25) is 5.91 Å². The summed E-state index contributed by atoms with van der Waals surface area (Å²) in [5, 5.41) is 12.0. The first kappa shape index (κ1) is 48.3. The van der Waals surface area contributed by atoms with E-state index in [1.807, 2.05) is 12.2 Å². The van der Waals surface area contributed by atoms with E-state index in [9.17, 15) is 19.5 Å². The van der Waals surface area contributed by atoms with E-state index in [2.05, 4.69) is 104 Å². The zero-order chi connectivity index (χ0) is 38.2. The predicted octanol–water partition coefficient (Wildman–Crippen LogP) is 11.1. The Morgan fingerprint density at radius 3 is 1.60 bits per heavy atom. The second-order valence-electron chi connectivity index (χ2n) is 12.9. The van der Waals surface area contributed by atoms with Gasteiger partial charge in [0, 0.05) is 12.8 Å². The number of hydrogen-bond donors (Lipinski definition) is 3. The number of ether oxygens (including phenoxy) is 1. The summed E-state index contributed by atoms with van der Waals surface area (Å²) in [5.41, 5.74) is 5.49. The number of hydrogen-bond acceptors (Lipinski definition) is 5. The van der Waals surface area contributed by atoms with Crippen molar-refractivity contribution in [1.29, 1.82) is 0 Å². The molecule has 2 unspecified atom stereocenters. The summed E-state index contributed by atoms with van der Waals surface area (Å²) in [6, 6.07) is -0.918. The number of esters is 1. The van der Waals surface area contributed by atoms with E-state index in [1.165, 1.54) is 6.42 Å². The van der Waals surface area contributed by atoms with E-state index < -0.39 is 12.0 Å². The van der Waals surface area contributed by atoms with E-state index >= 15 is 0 Å². The summed E-state index contributed by atoms with van der Waals surface area (Å²) in [7, 11) is 0. The van der Waals surface area contributed by atoms with Crippen LogP contribution in [0, 0.1) is 0 Å². The molecule has 2 atom stereocenters. The van der Waals surface area contributed by atoms with Crippen molar-refractivity contribution in [2.75, 3.05) is 6.54 Å². The molecule has 0 rings (SSSR count). The standard InChI is InChI=1S/C45H72N2O5/c1-3-5-7-9-11-13-15-17-19-21-23-25-27-29-31-39-44(49)52-41(36-32-33-38-43(48)47-42(45(50)51)37-34-40-46)35-30-28-26-24-22-20-18-16-14-12-10-8-6-4-2/h5-8,11-14,17-20,24,26,30,35,41-42H,3-4,9-10,15-16,21-23,25,27-29,31-34,36-40,46H2,1-2H3,(H,47,48)(H,50,51)/b7-5-,8-6-,13-11-,14-12-,19-17-,20-18-,26-24-,35-30-. The minimum absolute atomic E-state index is 0.186. The lowest BCUT2D eigenvalue weighted by Crippen LogP contribution is -2.40. The van der Waals surface area contributed by atoms with Crippen LogP contribution in [0.2, 0.25) is 0 Å². The van der Waals surface area contributed by atoms with Crippen molar-refractivity contribution >= 4 is 17.8 Å². The zero-order valence-corrected chi connectivity index (χ0v) is 32.6. The molecule has 0 heterocycles. The van der Waals surface area contributed by atoms with Gasteiger partial charge >= 0.3 is 11.9 Å². The number of carbonyl (C=O) groups is 3. The average molecular weight is 721 g/mol. The molecule has 0 saturated carbocycles. The fourth-order valence-corrected chi connectivity index (χ4v) is 5.17. The minimum Gasteiger partial charge on any atom is -0.480 e. The summed E-state index contributed by atoms with van der Waals surface area (Å²) >= 11 is 0. The molecule has 292 valence electrons. The number of carbonyl (C=O) groups excluding carboxylic acids is 2. The van der Waals surface area contributed by atoms with Crippen LogP contribution in [0.4, 0.5) is 0 Å². The van der Waals surface area contributed by atoms with Crippen LogP contribution in [-0.4, -0.2) is 41.6 Å². The molecule has 7 nitrogen and oxygen atoms in total. The molecular weight excluding hydrogens is 649 g/mol. The van der Waals surface area contributed by atoms with Gasteiger partial charge in [0.05, 0.1) is 0 Å². The number of nitrogens with one attached hydrogen (secondary N) is 1. The molecule has 0 fully saturated rings. The number of carboxylic acid groups (broad SMARTS) is 1. The van der Waals surface area contributed by atoms with Gasteiger partial charge in [0.1, 0.15) is 12.1 Å². The van der Waals surface area contributed by atoms with Gasteiger partial charge in [0.25, 0.3) is 0 Å². The molecule has 0 aromatic heterocycles. The number of nitrogens with two attached hydrogens (primary N) is 1. The van der Waals surface area contributed by atoms with Gasteiger partial charge in [-0.1, -0.05) is 124 Å². The Labute approximate surface area is 317 Å². The lowest BCUT2D eigenvalue weighted by atomic mass is 10.1. The van der Waals surface area contributed by atoms with Crippen molar-refractivity contribution in [2.45, 2.75) is 161 Å². The van der Waals surface area contributed by atoms with Crippen LogP contribution in [0.1, 0.15) is 149 Å². The lowest BCUT2D eigenvalue weighted by molar-refractivity contribution is -0.147. The van der Waals surface area contributed by atoms with Crippen molar-refractivity contribution in [3.63, 3.8) is 0 Å². The number of aliphatic carboxylic acids is 1.